The maximum Gasteiger partial charge on any atom is 0.361 e. The summed E-state index contributed by atoms with van der Waals surface area (Å²) in [6.45, 7) is 1.72. The molecule has 0 amide bonds. The van der Waals surface area contributed by atoms with E-state index in [9.17, 15) is 19.7 Å². The molecule has 0 aliphatic carbocycles. The van der Waals surface area contributed by atoms with Gasteiger partial charge in [0.1, 0.15) is 17.0 Å². The Labute approximate surface area is 200 Å². The Kier molecular flexibility index (Phi) is 8.23. The van der Waals surface area contributed by atoms with Gasteiger partial charge in [0, 0.05) is 25.8 Å². The molecule has 0 saturated heterocycles. The van der Waals surface area contributed by atoms with Crippen LogP contribution in [0.4, 0.5) is 5.69 Å². The zero-order valence-corrected chi connectivity index (χ0v) is 19.6. The van der Waals surface area contributed by atoms with Gasteiger partial charge >= 0.3 is 5.97 Å². The van der Waals surface area contributed by atoms with Crippen LogP contribution in [0.1, 0.15) is 50.9 Å². The zero-order valence-electron chi connectivity index (χ0n) is 19.6. The van der Waals surface area contributed by atoms with E-state index in [1.54, 1.807) is 31.2 Å². The quantitative estimate of drug-likeness (QED) is 0.131. The van der Waals surface area contributed by atoms with Gasteiger partial charge in [0.15, 0.2) is 6.29 Å². The standard InChI is InChI=1S/C23H24N4O8/c1-5-35-22(29)19-20(26(25-24-19)13-14-6-9-16(32-2)10-7-14)21(28)17-11-8-15(23(33-3)34-4)12-18(17)27(30)31/h6-12,23H,5,13H2,1-4H3. The summed E-state index contributed by atoms with van der Waals surface area (Å²) >= 11 is 0. The van der Waals surface area contributed by atoms with Gasteiger partial charge in [0.25, 0.3) is 5.69 Å². The lowest BCUT2D eigenvalue weighted by atomic mass is 10.0. The molecule has 0 aliphatic rings. The molecule has 0 spiro atoms. The lowest BCUT2D eigenvalue weighted by Gasteiger charge is -2.14. The lowest BCUT2D eigenvalue weighted by Crippen LogP contribution is -2.18. The SMILES string of the molecule is CCOC(=O)c1nnn(Cc2ccc(OC)cc2)c1C(=O)c1ccc(C(OC)OC)cc1[N+](=O)[O-]. The van der Waals surface area contributed by atoms with E-state index in [0.29, 0.717) is 11.3 Å². The van der Waals surface area contributed by atoms with Crippen molar-refractivity contribution in [1.29, 1.82) is 0 Å². The monoisotopic (exact) mass is 484 g/mol. The highest BCUT2D eigenvalue weighted by atomic mass is 16.7. The number of esters is 1. The zero-order chi connectivity index (χ0) is 25.5. The van der Waals surface area contributed by atoms with E-state index in [1.165, 1.54) is 44.2 Å². The molecular weight excluding hydrogens is 460 g/mol. The summed E-state index contributed by atoms with van der Waals surface area (Å²) in [6.07, 6.45) is -0.866. The molecule has 1 aromatic heterocycles. The Balaban J connectivity index is 2.10. The van der Waals surface area contributed by atoms with E-state index in [1.807, 2.05) is 0 Å². The molecule has 35 heavy (non-hydrogen) atoms. The summed E-state index contributed by atoms with van der Waals surface area (Å²) in [6, 6.07) is 10.9. The summed E-state index contributed by atoms with van der Waals surface area (Å²) in [7, 11) is 4.30. The third-order valence-electron chi connectivity index (χ3n) is 5.07. The Bertz CT molecular complexity index is 1220. The highest BCUT2D eigenvalue weighted by Crippen LogP contribution is 2.28. The molecule has 0 unspecified atom stereocenters. The average molecular weight is 484 g/mol. The second kappa shape index (κ2) is 11.3. The number of nitrogens with zero attached hydrogens (tertiary/aromatic N) is 4. The van der Waals surface area contributed by atoms with Crippen molar-refractivity contribution in [2.24, 2.45) is 0 Å². The first kappa shape index (κ1) is 25.5. The van der Waals surface area contributed by atoms with Crippen LogP contribution in [0.3, 0.4) is 0 Å². The maximum atomic E-state index is 13.6. The molecule has 184 valence electrons. The number of carbonyl (C=O) groups excluding carboxylic acids is 2. The number of ether oxygens (including phenoxy) is 4. The van der Waals surface area contributed by atoms with E-state index in [0.717, 1.165) is 5.56 Å². The molecule has 3 aromatic rings. The number of hydrogen-bond donors (Lipinski definition) is 0. The molecule has 1 heterocycles. The molecule has 0 radical (unpaired) electrons. The predicted molar refractivity (Wildman–Crippen MR) is 121 cm³/mol. The molecule has 2 aromatic carbocycles. The highest BCUT2D eigenvalue weighted by molar-refractivity contribution is 6.14. The third kappa shape index (κ3) is 5.50. The summed E-state index contributed by atoms with van der Waals surface area (Å²) in [5.41, 5.74) is -0.241. The lowest BCUT2D eigenvalue weighted by molar-refractivity contribution is -0.385. The van der Waals surface area contributed by atoms with Gasteiger partial charge in [-0.25, -0.2) is 9.48 Å². The smallest absolute Gasteiger partial charge is 0.361 e. The molecule has 3 rings (SSSR count). The molecule has 12 heteroatoms. The van der Waals surface area contributed by atoms with Gasteiger partial charge in [-0.2, -0.15) is 0 Å². The van der Waals surface area contributed by atoms with Gasteiger partial charge in [-0.3, -0.25) is 14.9 Å². The first-order valence-corrected chi connectivity index (χ1v) is 10.5. The molecule has 0 fully saturated rings. The number of nitro benzene ring substituents is 1. The minimum Gasteiger partial charge on any atom is -0.497 e. The van der Waals surface area contributed by atoms with Crippen LogP contribution in [-0.2, 0) is 20.8 Å². The van der Waals surface area contributed by atoms with Crippen molar-refractivity contribution >= 4 is 17.4 Å². The molecule has 12 nitrogen and oxygen atoms in total. The van der Waals surface area contributed by atoms with Gasteiger partial charge in [-0.1, -0.05) is 23.4 Å². The third-order valence-corrected chi connectivity index (χ3v) is 5.07. The molecule has 0 atom stereocenters. The predicted octanol–water partition coefficient (Wildman–Crippen LogP) is 2.94. The number of aromatic nitrogens is 3. The first-order chi connectivity index (χ1) is 16.8. The van der Waals surface area contributed by atoms with Gasteiger partial charge in [0.05, 0.1) is 25.2 Å². The van der Waals surface area contributed by atoms with Crippen molar-refractivity contribution in [3.63, 3.8) is 0 Å². The summed E-state index contributed by atoms with van der Waals surface area (Å²) < 4.78 is 21.7. The van der Waals surface area contributed by atoms with E-state index in [4.69, 9.17) is 18.9 Å². The Hall–Kier alpha value is -4.16. The van der Waals surface area contributed by atoms with Crippen LogP contribution in [0.5, 0.6) is 5.75 Å². The summed E-state index contributed by atoms with van der Waals surface area (Å²) in [5.74, 6) is -1.04. The van der Waals surface area contributed by atoms with Crippen LogP contribution >= 0.6 is 0 Å². The Morgan fingerprint density at radius 3 is 2.34 bits per heavy atom. The average Bonchev–Trinajstić information content (AvgIpc) is 3.28. The second-order valence-electron chi connectivity index (χ2n) is 7.18. The van der Waals surface area contributed by atoms with Crippen molar-refractivity contribution in [3.8, 4) is 5.75 Å². The van der Waals surface area contributed by atoms with Gasteiger partial charge in [-0.15, -0.1) is 5.10 Å². The second-order valence-corrected chi connectivity index (χ2v) is 7.18. The fourth-order valence-corrected chi connectivity index (χ4v) is 3.42. The van der Waals surface area contributed by atoms with E-state index in [2.05, 4.69) is 10.3 Å². The van der Waals surface area contributed by atoms with Crippen LogP contribution in [0.15, 0.2) is 42.5 Å². The van der Waals surface area contributed by atoms with Crippen molar-refractivity contribution in [1.82, 2.24) is 15.0 Å². The first-order valence-electron chi connectivity index (χ1n) is 10.5. The number of methoxy groups -OCH3 is 3. The summed E-state index contributed by atoms with van der Waals surface area (Å²) in [5, 5.41) is 19.6. The normalized spacial score (nSPS) is 10.9. The number of carbonyl (C=O) groups is 2. The van der Waals surface area contributed by atoms with Crippen molar-refractivity contribution in [2.45, 2.75) is 19.8 Å². The maximum absolute atomic E-state index is 13.6. The number of benzene rings is 2. The van der Waals surface area contributed by atoms with Gasteiger partial charge in [-0.05, 0) is 30.7 Å². The molecule has 0 bridgehead atoms. The largest absolute Gasteiger partial charge is 0.497 e. The van der Waals surface area contributed by atoms with Crippen molar-refractivity contribution in [2.75, 3.05) is 27.9 Å². The Morgan fingerprint density at radius 2 is 1.77 bits per heavy atom. The molecule has 0 N–H and O–H groups in total. The fourth-order valence-electron chi connectivity index (χ4n) is 3.42. The molecular formula is C23H24N4O8. The highest BCUT2D eigenvalue weighted by Gasteiger charge is 2.32. The fraction of sp³-hybridized carbons (Fsp3) is 0.304. The van der Waals surface area contributed by atoms with Crippen LogP contribution in [-0.4, -0.2) is 59.6 Å². The number of hydrogen-bond acceptors (Lipinski definition) is 10. The molecule has 0 saturated carbocycles. The van der Waals surface area contributed by atoms with Crippen LogP contribution in [0.25, 0.3) is 0 Å². The van der Waals surface area contributed by atoms with Crippen LogP contribution in [0, 0.1) is 10.1 Å². The minimum absolute atomic E-state index is 0.0437. The topological polar surface area (TPSA) is 145 Å². The van der Waals surface area contributed by atoms with E-state index < -0.39 is 28.7 Å². The summed E-state index contributed by atoms with van der Waals surface area (Å²) in [4.78, 5) is 37.3. The van der Waals surface area contributed by atoms with Crippen LogP contribution in [0.2, 0.25) is 0 Å². The number of nitro groups is 1. The van der Waals surface area contributed by atoms with Crippen molar-refractivity contribution < 1.29 is 33.5 Å². The van der Waals surface area contributed by atoms with E-state index in [-0.39, 0.29) is 30.1 Å². The van der Waals surface area contributed by atoms with Gasteiger partial charge in [0.2, 0.25) is 11.5 Å². The number of ketones is 1. The van der Waals surface area contributed by atoms with E-state index >= 15 is 0 Å². The Morgan fingerprint density at radius 1 is 1.09 bits per heavy atom. The van der Waals surface area contributed by atoms with Crippen molar-refractivity contribution in [3.05, 3.63) is 80.7 Å². The minimum atomic E-state index is -0.866. The van der Waals surface area contributed by atoms with Gasteiger partial charge < -0.3 is 18.9 Å². The number of rotatable bonds is 11. The van der Waals surface area contributed by atoms with Crippen LogP contribution < -0.4 is 4.74 Å². The molecule has 0 aliphatic heterocycles.